The van der Waals surface area contributed by atoms with Gasteiger partial charge in [-0.1, -0.05) is 19.9 Å². The second-order valence-electron chi connectivity index (χ2n) is 5.48. The molecule has 0 aromatic heterocycles. The molecule has 1 heterocycles. The Balaban J connectivity index is 2.07. The lowest BCUT2D eigenvalue weighted by Crippen LogP contribution is -2.48. The monoisotopic (exact) mass is 264 g/mol. The fraction of sp³-hybridized carbons (Fsp3) is 0.533. The van der Waals surface area contributed by atoms with Crippen molar-refractivity contribution in [1.29, 1.82) is 0 Å². The van der Waals surface area contributed by atoms with Crippen LogP contribution in [0.2, 0.25) is 0 Å². The average molecular weight is 264 g/mol. The minimum atomic E-state index is -0.304. The van der Waals surface area contributed by atoms with Crippen LogP contribution >= 0.6 is 0 Å². The molecule has 0 unspecified atom stereocenters. The van der Waals surface area contributed by atoms with Gasteiger partial charge in [0.1, 0.15) is 5.82 Å². The van der Waals surface area contributed by atoms with E-state index in [0.29, 0.717) is 17.2 Å². The minimum absolute atomic E-state index is 0.304. The Labute approximate surface area is 114 Å². The van der Waals surface area contributed by atoms with Crippen LogP contribution in [0, 0.1) is 11.7 Å². The molecule has 1 aromatic rings. The Morgan fingerprint density at radius 3 is 2.53 bits per heavy atom. The Kier molecular flexibility index (Phi) is 4.53. The van der Waals surface area contributed by atoms with E-state index in [9.17, 15) is 9.18 Å². The molecule has 0 atom stereocenters. The van der Waals surface area contributed by atoms with Crippen molar-refractivity contribution in [2.75, 3.05) is 37.6 Å². The molecule has 3 nitrogen and oxygen atoms in total. The number of carbonyl (C=O) groups is 1. The first-order valence-corrected chi connectivity index (χ1v) is 6.83. The lowest BCUT2D eigenvalue weighted by atomic mass is 10.1. The van der Waals surface area contributed by atoms with Gasteiger partial charge in [-0.05, 0) is 18.1 Å². The fourth-order valence-electron chi connectivity index (χ4n) is 2.63. The highest BCUT2D eigenvalue weighted by Gasteiger charge is 2.21. The third kappa shape index (κ3) is 3.32. The molecule has 19 heavy (non-hydrogen) atoms. The summed E-state index contributed by atoms with van der Waals surface area (Å²) in [7, 11) is 0. The number of piperazine rings is 1. The summed E-state index contributed by atoms with van der Waals surface area (Å²) < 4.78 is 13.9. The Bertz CT molecular complexity index is 440. The molecular weight excluding hydrogens is 243 g/mol. The normalized spacial score (nSPS) is 16.9. The predicted molar refractivity (Wildman–Crippen MR) is 75.3 cm³/mol. The zero-order valence-corrected chi connectivity index (χ0v) is 11.6. The first-order chi connectivity index (χ1) is 9.11. The summed E-state index contributed by atoms with van der Waals surface area (Å²) >= 11 is 0. The topological polar surface area (TPSA) is 23.6 Å². The Hall–Kier alpha value is -1.42. The van der Waals surface area contributed by atoms with Gasteiger partial charge in [0, 0.05) is 38.3 Å². The van der Waals surface area contributed by atoms with Gasteiger partial charge in [-0.2, -0.15) is 0 Å². The van der Waals surface area contributed by atoms with Crippen LogP contribution in [0.15, 0.2) is 18.2 Å². The smallest absolute Gasteiger partial charge is 0.152 e. The second kappa shape index (κ2) is 6.15. The van der Waals surface area contributed by atoms with E-state index < -0.39 is 0 Å². The summed E-state index contributed by atoms with van der Waals surface area (Å²) in [5.41, 5.74) is 0.902. The van der Waals surface area contributed by atoms with E-state index in [-0.39, 0.29) is 5.82 Å². The van der Waals surface area contributed by atoms with Gasteiger partial charge in [-0.15, -0.1) is 0 Å². The van der Waals surface area contributed by atoms with Gasteiger partial charge in [0.25, 0.3) is 0 Å². The third-order valence-corrected chi connectivity index (χ3v) is 3.46. The van der Waals surface area contributed by atoms with Crippen LogP contribution in [-0.2, 0) is 0 Å². The summed E-state index contributed by atoms with van der Waals surface area (Å²) in [5.74, 6) is 0.340. The van der Waals surface area contributed by atoms with Crippen LogP contribution in [0.4, 0.5) is 10.1 Å². The van der Waals surface area contributed by atoms with Crippen LogP contribution < -0.4 is 4.90 Å². The average Bonchev–Trinajstić information content (AvgIpc) is 2.39. The standard InChI is InChI=1S/C15H21FN2O/c1-12(2)10-17-6-8-18(9-7-17)15-13(11-19)4-3-5-14(15)16/h3-5,11-12H,6-10H2,1-2H3. The van der Waals surface area contributed by atoms with E-state index >= 15 is 0 Å². The summed E-state index contributed by atoms with van der Waals surface area (Å²) in [5, 5.41) is 0. The molecule has 1 saturated heterocycles. The third-order valence-electron chi connectivity index (χ3n) is 3.46. The van der Waals surface area contributed by atoms with E-state index in [2.05, 4.69) is 18.7 Å². The molecule has 4 heteroatoms. The maximum Gasteiger partial charge on any atom is 0.152 e. The quantitative estimate of drug-likeness (QED) is 0.780. The first kappa shape index (κ1) is 14.0. The largest absolute Gasteiger partial charge is 0.366 e. The molecule has 0 saturated carbocycles. The molecule has 1 aromatic carbocycles. The van der Waals surface area contributed by atoms with Gasteiger partial charge in [-0.3, -0.25) is 9.69 Å². The number of halogens is 1. The van der Waals surface area contributed by atoms with Gasteiger partial charge in [0.2, 0.25) is 0 Å². The van der Waals surface area contributed by atoms with Gasteiger partial charge in [0.15, 0.2) is 6.29 Å². The Morgan fingerprint density at radius 1 is 1.26 bits per heavy atom. The van der Waals surface area contributed by atoms with Crippen molar-refractivity contribution in [1.82, 2.24) is 4.90 Å². The van der Waals surface area contributed by atoms with Crippen LogP contribution in [0.25, 0.3) is 0 Å². The molecule has 1 aliphatic heterocycles. The van der Waals surface area contributed by atoms with Gasteiger partial charge < -0.3 is 4.90 Å². The van der Waals surface area contributed by atoms with E-state index in [1.165, 1.54) is 6.07 Å². The minimum Gasteiger partial charge on any atom is -0.366 e. The highest BCUT2D eigenvalue weighted by molar-refractivity contribution is 5.84. The zero-order chi connectivity index (χ0) is 13.8. The van der Waals surface area contributed by atoms with E-state index in [1.54, 1.807) is 12.1 Å². The van der Waals surface area contributed by atoms with Crippen molar-refractivity contribution in [3.05, 3.63) is 29.6 Å². The molecule has 0 spiro atoms. The van der Waals surface area contributed by atoms with Crippen molar-refractivity contribution in [2.45, 2.75) is 13.8 Å². The maximum atomic E-state index is 13.9. The van der Waals surface area contributed by atoms with Gasteiger partial charge in [0.05, 0.1) is 5.69 Å². The fourth-order valence-corrected chi connectivity index (χ4v) is 2.63. The van der Waals surface area contributed by atoms with Crippen molar-refractivity contribution in [3.8, 4) is 0 Å². The molecule has 1 aliphatic rings. The van der Waals surface area contributed by atoms with E-state index in [4.69, 9.17) is 0 Å². The molecular formula is C15H21FN2O. The lowest BCUT2D eigenvalue weighted by Gasteiger charge is -2.37. The molecule has 0 bridgehead atoms. The number of para-hydroxylation sites is 1. The Morgan fingerprint density at radius 2 is 1.95 bits per heavy atom. The van der Waals surface area contributed by atoms with Gasteiger partial charge in [-0.25, -0.2) is 4.39 Å². The van der Waals surface area contributed by atoms with Crippen LogP contribution in [0.5, 0.6) is 0 Å². The molecule has 0 amide bonds. The number of anilines is 1. The summed E-state index contributed by atoms with van der Waals surface area (Å²) in [6.45, 7) is 8.87. The number of carbonyl (C=O) groups excluding carboxylic acids is 1. The van der Waals surface area contributed by atoms with Crippen molar-refractivity contribution in [2.24, 2.45) is 5.92 Å². The molecule has 0 N–H and O–H groups in total. The zero-order valence-electron chi connectivity index (χ0n) is 11.6. The summed E-state index contributed by atoms with van der Waals surface area (Å²) in [6, 6.07) is 4.67. The second-order valence-corrected chi connectivity index (χ2v) is 5.48. The van der Waals surface area contributed by atoms with Crippen molar-refractivity contribution in [3.63, 3.8) is 0 Å². The molecule has 1 fully saturated rings. The number of hydrogen-bond acceptors (Lipinski definition) is 3. The number of benzene rings is 1. The van der Waals surface area contributed by atoms with Crippen LogP contribution in [-0.4, -0.2) is 43.9 Å². The molecule has 104 valence electrons. The van der Waals surface area contributed by atoms with Crippen molar-refractivity contribution >= 4 is 12.0 Å². The molecule has 0 aliphatic carbocycles. The predicted octanol–water partition coefficient (Wildman–Crippen LogP) is 2.42. The van der Waals surface area contributed by atoms with Crippen LogP contribution in [0.3, 0.4) is 0 Å². The van der Waals surface area contributed by atoms with Gasteiger partial charge >= 0.3 is 0 Å². The number of rotatable bonds is 4. The number of nitrogens with zero attached hydrogens (tertiary/aromatic N) is 2. The summed E-state index contributed by atoms with van der Waals surface area (Å²) in [4.78, 5) is 15.4. The molecule has 0 radical (unpaired) electrons. The SMILES string of the molecule is CC(C)CN1CCN(c2c(F)cccc2C=O)CC1. The van der Waals surface area contributed by atoms with Crippen molar-refractivity contribution < 1.29 is 9.18 Å². The summed E-state index contributed by atoms with van der Waals surface area (Å²) in [6.07, 6.45) is 0.735. The van der Waals surface area contributed by atoms with E-state index in [1.807, 2.05) is 4.90 Å². The highest BCUT2D eigenvalue weighted by atomic mass is 19.1. The van der Waals surface area contributed by atoms with Crippen LogP contribution in [0.1, 0.15) is 24.2 Å². The molecule has 2 rings (SSSR count). The highest BCUT2D eigenvalue weighted by Crippen LogP contribution is 2.24. The maximum absolute atomic E-state index is 13.9. The number of aldehydes is 1. The van der Waals surface area contributed by atoms with E-state index in [0.717, 1.165) is 39.0 Å². The number of hydrogen-bond donors (Lipinski definition) is 0. The first-order valence-electron chi connectivity index (χ1n) is 6.83. The lowest BCUT2D eigenvalue weighted by molar-refractivity contribution is 0.112.